The van der Waals surface area contributed by atoms with Crippen LogP contribution in [0.2, 0.25) is 0 Å². The maximum absolute atomic E-state index is 12.3. The summed E-state index contributed by atoms with van der Waals surface area (Å²) in [6.45, 7) is 1.78. The number of esters is 2. The molecule has 0 radical (unpaired) electrons. The molecule has 0 heterocycles. The summed E-state index contributed by atoms with van der Waals surface area (Å²) in [5.74, 6) is -0.421. The van der Waals surface area contributed by atoms with Crippen molar-refractivity contribution >= 4 is 45.9 Å². The largest absolute Gasteiger partial charge is 0.462 e. The number of rotatable bonds is 13. The van der Waals surface area contributed by atoms with Gasteiger partial charge in [0.05, 0.1) is 12.2 Å². The molecule has 4 rings (SSSR count). The van der Waals surface area contributed by atoms with Gasteiger partial charge >= 0.3 is 11.9 Å². The maximum atomic E-state index is 12.3. The number of fused-ring (bicyclic) bond motifs is 1. The SMILES string of the molecule is CCCOC(=O)c1ccc(NC(=O)COC(=O)CCCC(=O)Nc2ccc(Oc3ccc4ccccc4c3)cc2)cc1. The minimum atomic E-state index is -0.581. The Morgan fingerprint density at radius 1 is 0.667 bits per heavy atom. The summed E-state index contributed by atoms with van der Waals surface area (Å²) in [5.41, 5.74) is 1.43. The molecular weight excluding hydrogens is 536 g/mol. The molecule has 2 amide bonds. The maximum Gasteiger partial charge on any atom is 0.338 e. The summed E-state index contributed by atoms with van der Waals surface area (Å²) in [5, 5.41) is 7.60. The smallest absolute Gasteiger partial charge is 0.338 e. The zero-order chi connectivity index (χ0) is 29.7. The number of ether oxygens (including phenoxy) is 3. The molecule has 0 bridgehead atoms. The van der Waals surface area contributed by atoms with E-state index in [9.17, 15) is 19.2 Å². The first-order valence-corrected chi connectivity index (χ1v) is 13.7. The number of amides is 2. The predicted octanol–water partition coefficient (Wildman–Crippen LogP) is 6.49. The van der Waals surface area contributed by atoms with Crippen molar-refractivity contribution in [2.24, 2.45) is 0 Å². The predicted molar refractivity (Wildman–Crippen MR) is 160 cm³/mol. The van der Waals surface area contributed by atoms with Crippen molar-refractivity contribution in [1.29, 1.82) is 0 Å². The van der Waals surface area contributed by atoms with E-state index in [1.165, 1.54) is 0 Å². The number of hydrogen-bond acceptors (Lipinski definition) is 7. The van der Waals surface area contributed by atoms with E-state index in [0.29, 0.717) is 29.3 Å². The van der Waals surface area contributed by atoms with Crippen molar-refractivity contribution < 1.29 is 33.4 Å². The topological polar surface area (TPSA) is 120 Å². The second-order valence-corrected chi connectivity index (χ2v) is 9.46. The van der Waals surface area contributed by atoms with Crippen LogP contribution in [-0.2, 0) is 23.9 Å². The van der Waals surface area contributed by atoms with Crippen molar-refractivity contribution in [3.05, 3.63) is 96.6 Å². The van der Waals surface area contributed by atoms with E-state index >= 15 is 0 Å². The van der Waals surface area contributed by atoms with Crippen molar-refractivity contribution in [3.63, 3.8) is 0 Å². The highest BCUT2D eigenvalue weighted by Gasteiger charge is 2.11. The molecule has 0 unspecified atom stereocenters. The number of benzene rings is 4. The highest BCUT2D eigenvalue weighted by atomic mass is 16.5. The van der Waals surface area contributed by atoms with Crippen molar-refractivity contribution in [3.8, 4) is 11.5 Å². The Morgan fingerprint density at radius 2 is 1.31 bits per heavy atom. The zero-order valence-electron chi connectivity index (χ0n) is 23.3. The number of nitrogens with one attached hydrogen (secondary N) is 2. The van der Waals surface area contributed by atoms with Crippen LogP contribution in [0.3, 0.4) is 0 Å². The van der Waals surface area contributed by atoms with E-state index in [1.54, 1.807) is 48.5 Å². The third-order valence-corrected chi connectivity index (χ3v) is 6.09. The van der Waals surface area contributed by atoms with E-state index in [4.69, 9.17) is 14.2 Å². The highest BCUT2D eigenvalue weighted by molar-refractivity contribution is 5.94. The van der Waals surface area contributed by atoms with Crippen LogP contribution in [0.4, 0.5) is 11.4 Å². The Labute approximate surface area is 243 Å². The molecule has 0 aliphatic carbocycles. The van der Waals surface area contributed by atoms with Crippen LogP contribution >= 0.6 is 0 Å². The van der Waals surface area contributed by atoms with Gasteiger partial charge in [-0.05, 0) is 84.3 Å². The third-order valence-electron chi connectivity index (χ3n) is 6.09. The van der Waals surface area contributed by atoms with Gasteiger partial charge in [0.25, 0.3) is 5.91 Å². The van der Waals surface area contributed by atoms with Gasteiger partial charge in [0.2, 0.25) is 5.91 Å². The molecule has 0 atom stereocenters. The van der Waals surface area contributed by atoms with Gasteiger partial charge in [0.15, 0.2) is 6.61 Å². The lowest BCUT2D eigenvalue weighted by molar-refractivity contribution is -0.147. The van der Waals surface area contributed by atoms with Gasteiger partial charge in [0.1, 0.15) is 11.5 Å². The minimum Gasteiger partial charge on any atom is -0.462 e. The van der Waals surface area contributed by atoms with Crippen LogP contribution in [-0.4, -0.2) is 37.0 Å². The third kappa shape index (κ3) is 9.19. The van der Waals surface area contributed by atoms with E-state index in [0.717, 1.165) is 22.9 Å². The first kappa shape index (κ1) is 29.8. The summed E-state index contributed by atoms with van der Waals surface area (Å²) in [4.78, 5) is 48.2. The highest BCUT2D eigenvalue weighted by Crippen LogP contribution is 2.26. The standard InChI is InChI=1S/C33H32N2O7/c1-2-20-40-33(39)24-10-13-26(14-11-24)35-31(37)22-41-32(38)9-5-8-30(36)34-27-15-18-28(19-16-27)42-29-17-12-23-6-3-4-7-25(23)21-29/h3-4,6-7,10-19,21H,2,5,8-9,20,22H2,1H3,(H,34,36)(H,35,37). The summed E-state index contributed by atoms with van der Waals surface area (Å²) in [7, 11) is 0. The molecule has 9 heteroatoms. The van der Waals surface area contributed by atoms with Crippen molar-refractivity contribution in [2.45, 2.75) is 32.6 Å². The fourth-order valence-electron chi connectivity index (χ4n) is 3.97. The lowest BCUT2D eigenvalue weighted by Crippen LogP contribution is -2.21. The monoisotopic (exact) mass is 568 g/mol. The van der Waals surface area contributed by atoms with E-state index in [1.807, 2.05) is 49.4 Å². The van der Waals surface area contributed by atoms with Gasteiger partial charge in [-0.3, -0.25) is 14.4 Å². The van der Waals surface area contributed by atoms with Gasteiger partial charge in [-0.25, -0.2) is 4.79 Å². The van der Waals surface area contributed by atoms with Crippen LogP contribution in [0.25, 0.3) is 10.8 Å². The second-order valence-electron chi connectivity index (χ2n) is 9.46. The van der Waals surface area contributed by atoms with Gasteiger partial charge in [-0.1, -0.05) is 37.3 Å². The Kier molecular flexibility index (Phi) is 10.6. The summed E-state index contributed by atoms with van der Waals surface area (Å²) in [6, 6.07) is 27.1. The van der Waals surface area contributed by atoms with Gasteiger partial charge in [0, 0.05) is 24.2 Å². The molecule has 0 aliphatic heterocycles. The van der Waals surface area contributed by atoms with E-state index in [2.05, 4.69) is 10.6 Å². The molecule has 0 aliphatic rings. The average Bonchev–Trinajstić information content (AvgIpc) is 3.00. The molecule has 0 spiro atoms. The first-order chi connectivity index (χ1) is 20.4. The molecule has 0 saturated heterocycles. The molecule has 4 aromatic rings. The van der Waals surface area contributed by atoms with Gasteiger partial charge < -0.3 is 24.8 Å². The Morgan fingerprint density at radius 3 is 2.02 bits per heavy atom. The van der Waals surface area contributed by atoms with E-state index in [-0.39, 0.29) is 25.2 Å². The molecule has 0 fully saturated rings. The molecule has 9 nitrogen and oxygen atoms in total. The van der Waals surface area contributed by atoms with E-state index < -0.39 is 24.5 Å². The average molecular weight is 569 g/mol. The van der Waals surface area contributed by atoms with Crippen LogP contribution in [0.1, 0.15) is 43.0 Å². The normalized spacial score (nSPS) is 10.5. The van der Waals surface area contributed by atoms with Crippen molar-refractivity contribution in [1.82, 2.24) is 0 Å². The lowest BCUT2D eigenvalue weighted by atomic mass is 10.1. The number of anilines is 2. The summed E-state index contributed by atoms with van der Waals surface area (Å²) < 4.78 is 16.0. The van der Waals surface area contributed by atoms with Gasteiger partial charge in [-0.15, -0.1) is 0 Å². The molecule has 42 heavy (non-hydrogen) atoms. The molecule has 0 aromatic heterocycles. The zero-order valence-corrected chi connectivity index (χ0v) is 23.3. The summed E-state index contributed by atoms with van der Waals surface area (Å²) >= 11 is 0. The Hall–Kier alpha value is -5.18. The summed E-state index contributed by atoms with van der Waals surface area (Å²) in [6.07, 6.45) is 1.10. The quantitative estimate of drug-likeness (QED) is 0.177. The molecule has 2 N–H and O–H groups in total. The molecule has 4 aromatic carbocycles. The van der Waals surface area contributed by atoms with Crippen LogP contribution in [0.15, 0.2) is 91.0 Å². The van der Waals surface area contributed by atoms with Crippen LogP contribution in [0.5, 0.6) is 11.5 Å². The second kappa shape index (κ2) is 15.0. The van der Waals surface area contributed by atoms with Crippen LogP contribution in [0, 0.1) is 0 Å². The number of carbonyl (C=O) groups is 4. The Balaban J connectivity index is 1.12. The molecular formula is C33H32N2O7. The first-order valence-electron chi connectivity index (χ1n) is 13.7. The van der Waals surface area contributed by atoms with Gasteiger partial charge in [-0.2, -0.15) is 0 Å². The fraction of sp³-hybridized carbons (Fsp3) is 0.212. The lowest BCUT2D eigenvalue weighted by Gasteiger charge is -2.09. The molecule has 216 valence electrons. The van der Waals surface area contributed by atoms with Crippen LogP contribution < -0.4 is 15.4 Å². The van der Waals surface area contributed by atoms with Crippen molar-refractivity contribution in [2.75, 3.05) is 23.8 Å². The fourth-order valence-corrected chi connectivity index (χ4v) is 3.97. The Bertz CT molecular complexity index is 1530. The molecule has 0 saturated carbocycles. The minimum absolute atomic E-state index is 0.00615. The number of hydrogen-bond donors (Lipinski definition) is 2. The number of carbonyl (C=O) groups excluding carboxylic acids is 4.